The molecule has 2 aromatic heterocycles. The van der Waals surface area contributed by atoms with Gasteiger partial charge in [0.25, 0.3) is 0 Å². The first-order chi connectivity index (χ1) is 15.6. The van der Waals surface area contributed by atoms with Crippen molar-refractivity contribution in [2.75, 3.05) is 34.7 Å². The van der Waals surface area contributed by atoms with E-state index in [2.05, 4.69) is 31.0 Å². The molecule has 2 N–H and O–H groups in total. The Hall–Kier alpha value is -2.20. The number of thioether (sulfide) groups is 2. The number of rotatable bonds is 10. The molecule has 0 spiro atoms. The number of nitrogens with zero attached hydrogens (tertiary/aromatic N) is 4. The van der Waals surface area contributed by atoms with E-state index < -0.39 is 0 Å². The first kappa shape index (κ1) is 24.4. The average Bonchev–Trinajstić information content (AvgIpc) is 2.82. The summed E-state index contributed by atoms with van der Waals surface area (Å²) in [5.41, 5.74) is 1.89. The van der Waals surface area contributed by atoms with Crippen LogP contribution in [-0.4, -0.2) is 56.2 Å². The highest BCUT2D eigenvalue weighted by molar-refractivity contribution is 7.98. The van der Waals surface area contributed by atoms with Crippen molar-refractivity contribution in [3.63, 3.8) is 0 Å². The number of hydrogen-bond acceptors (Lipinski definition) is 8. The van der Waals surface area contributed by atoms with Gasteiger partial charge < -0.3 is 10.6 Å². The molecular formula is C22H30N6O2S2. The fourth-order valence-corrected chi connectivity index (χ4v) is 4.56. The number of carbonyl (C=O) groups excluding carboxylic acids is 2. The molecule has 0 aliphatic heterocycles. The predicted octanol–water partition coefficient (Wildman–Crippen LogP) is 4.09. The first-order valence-electron chi connectivity index (χ1n) is 10.8. The normalized spacial score (nSPS) is 18.2. The monoisotopic (exact) mass is 474 g/mol. The highest BCUT2D eigenvalue weighted by Gasteiger charge is 2.26. The van der Waals surface area contributed by atoms with Gasteiger partial charge in [0.15, 0.2) is 11.6 Å². The largest absolute Gasteiger partial charge is 0.309 e. The van der Waals surface area contributed by atoms with Crippen molar-refractivity contribution in [3.8, 4) is 0 Å². The lowest BCUT2D eigenvalue weighted by atomic mass is 9.78. The summed E-state index contributed by atoms with van der Waals surface area (Å²) < 4.78 is 0. The van der Waals surface area contributed by atoms with Gasteiger partial charge in [0, 0.05) is 36.2 Å². The van der Waals surface area contributed by atoms with Crippen LogP contribution in [0.15, 0.2) is 24.3 Å². The summed E-state index contributed by atoms with van der Waals surface area (Å²) in [6.45, 7) is 0. The Kier molecular flexibility index (Phi) is 9.73. The topological polar surface area (TPSA) is 110 Å². The molecule has 2 atom stereocenters. The van der Waals surface area contributed by atoms with Crippen LogP contribution in [0.2, 0.25) is 0 Å². The third-order valence-corrected chi connectivity index (χ3v) is 6.71. The zero-order valence-corrected chi connectivity index (χ0v) is 20.2. The third-order valence-electron chi connectivity index (χ3n) is 5.48. The standard InChI is InChI=1S/C22H30N6O2S2/c1-31-12-10-21(29)23-19-8-6-17(25-27-19)15-4-3-5-16(14-15)18-7-9-20(28-26-18)24-22(30)11-13-32-2/h6-9,15-16H,3-5,10-14H2,1-2H3,(H,23,27,29)(H,24,28,30)/t15-,16-/m0/s1. The molecule has 1 fully saturated rings. The van der Waals surface area contributed by atoms with Crippen molar-refractivity contribution in [2.24, 2.45) is 0 Å². The molecule has 1 aliphatic rings. The Morgan fingerprint density at radius 1 is 0.812 bits per heavy atom. The molecule has 32 heavy (non-hydrogen) atoms. The molecule has 1 saturated carbocycles. The van der Waals surface area contributed by atoms with Gasteiger partial charge in [0.05, 0.1) is 11.4 Å². The van der Waals surface area contributed by atoms with E-state index in [4.69, 9.17) is 0 Å². The number of aromatic nitrogens is 4. The van der Waals surface area contributed by atoms with Crippen molar-refractivity contribution >= 4 is 47.0 Å². The highest BCUT2D eigenvalue weighted by atomic mass is 32.2. The van der Waals surface area contributed by atoms with Crippen LogP contribution >= 0.6 is 23.5 Å². The van der Waals surface area contributed by atoms with Gasteiger partial charge in [-0.2, -0.15) is 33.7 Å². The van der Waals surface area contributed by atoms with Gasteiger partial charge in [-0.05, 0) is 56.0 Å². The molecule has 2 heterocycles. The van der Waals surface area contributed by atoms with Crippen molar-refractivity contribution in [3.05, 3.63) is 35.7 Å². The number of carbonyl (C=O) groups is 2. The van der Waals surface area contributed by atoms with Crippen LogP contribution in [0, 0.1) is 0 Å². The first-order valence-corrected chi connectivity index (χ1v) is 13.6. The van der Waals surface area contributed by atoms with E-state index in [0.717, 1.165) is 48.6 Å². The fraction of sp³-hybridized carbons (Fsp3) is 0.545. The van der Waals surface area contributed by atoms with E-state index in [0.29, 0.717) is 36.3 Å². The molecular weight excluding hydrogens is 444 g/mol. The highest BCUT2D eigenvalue weighted by Crippen LogP contribution is 2.40. The number of amides is 2. The Labute approximate surface area is 197 Å². The summed E-state index contributed by atoms with van der Waals surface area (Å²) >= 11 is 3.28. The molecule has 2 aromatic rings. The maximum atomic E-state index is 11.9. The lowest BCUT2D eigenvalue weighted by Gasteiger charge is -2.28. The third kappa shape index (κ3) is 7.44. The minimum atomic E-state index is -0.0402. The van der Waals surface area contributed by atoms with Gasteiger partial charge in [0.2, 0.25) is 11.8 Å². The van der Waals surface area contributed by atoms with E-state index >= 15 is 0 Å². The molecule has 1 aliphatic carbocycles. The molecule has 0 radical (unpaired) electrons. The molecule has 172 valence electrons. The smallest absolute Gasteiger partial charge is 0.226 e. The average molecular weight is 475 g/mol. The summed E-state index contributed by atoms with van der Waals surface area (Å²) in [4.78, 5) is 23.7. The van der Waals surface area contributed by atoms with E-state index in [-0.39, 0.29) is 11.8 Å². The minimum Gasteiger partial charge on any atom is -0.309 e. The number of hydrogen-bond donors (Lipinski definition) is 2. The van der Waals surface area contributed by atoms with E-state index in [1.807, 2.05) is 36.8 Å². The van der Waals surface area contributed by atoms with Gasteiger partial charge >= 0.3 is 0 Å². The molecule has 3 rings (SSSR count). The Morgan fingerprint density at radius 2 is 1.28 bits per heavy atom. The summed E-state index contributed by atoms with van der Waals surface area (Å²) in [6.07, 6.45) is 9.02. The predicted molar refractivity (Wildman–Crippen MR) is 131 cm³/mol. The van der Waals surface area contributed by atoms with Gasteiger partial charge in [-0.25, -0.2) is 0 Å². The molecule has 0 bridgehead atoms. The Balaban J connectivity index is 1.55. The quantitative estimate of drug-likeness (QED) is 0.530. The van der Waals surface area contributed by atoms with Crippen molar-refractivity contribution in [1.29, 1.82) is 0 Å². The second kappa shape index (κ2) is 12.7. The van der Waals surface area contributed by atoms with Crippen LogP contribution in [0.3, 0.4) is 0 Å². The maximum absolute atomic E-state index is 11.9. The van der Waals surface area contributed by atoms with E-state index in [1.165, 1.54) is 0 Å². The molecule has 0 aromatic carbocycles. The molecule has 0 unspecified atom stereocenters. The number of nitrogens with one attached hydrogen (secondary N) is 2. The van der Waals surface area contributed by atoms with Gasteiger partial charge in [-0.3, -0.25) is 9.59 Å². The second-order valence-corrected chi connectivity index (χ2v) is 9.80. The Bertz CT molecular complexity index is 807. The van der Waals surface area contributed by atoms with Crippen molar-refractivity contribution in [2.45, 2.75) is 50.4 Å². The summed E-state index contributed by atoms with van der Waals surface area (Å²) in [6, 6.07) is 7.58. The van der Waals surface area contributed by atoms with E-state index in [9.17, 15) is 9.59 Å². The SMILES string of the molecule is CSCCC(=O)Nc1ccc([C@H]2CCC[C@H](c3ccc(NC(=O)CCSC)nn3)C2)nn1. The van der Waals surface area contributed by atoms with E-state index in [1.54, 1.807) is 23.5 Å². The zero-order chi connectivity index (χ0) is 22.8. The molecule has 2 amide bonds. The van der Waals surface area contributed by atoms with Gasteiger partial charge in [0.1, 0.15) is 0 Å². The van der Waals surface area contributed by atoms with Crippen LogP contribution in [-0.2, 0) is 9.59 Å². The van der Waals surface area contributed by atoms with Crippen molar-refractivity contribution < 1.29 is 9.59 Å². The molecule has 10 heteroatoms. The lowest BCUT2D eigenvalue weighted by molar-refractivity contribution is -0.116. The van der Waals surface area contributed by atoms with Gasteiger partial charge in [-0.1, -0.05) is 6.42 Å². The Morgan fingerprint density at radius 3 is 1.66 bits per heavy atom. The summed E-state index contributed by atoms with van der Waals surface area (Å²) in [7, 11) is 0. The maximum Gasteiger partial charge on any atom is 0.226 e. The van der Waals surface area contributed by atoms with Crippen LogP contribution < -0.4 is 10.6 Å². The minimum absolute atomic E-state index is 0.0402. The van der Waals surface area contributed by atoms with Crippen LogP contribution in [0.25, 0.3) is 0 Å². The number of anilines is 2. The second-order valence-electron chi connectivity index (χ2n) is 7.83. The van der Waals surface area contributed by atoms with Crippen LogP contribution in [0.5, 0.6) is 0 Å². The van der Waals surface area contributed by atoms with Crippen LogP contribution in [0.1, 0.15) is 61.7 Å². The van der Waals surface area contributed by atoms with Crippen LogP contribution in [0.4, 0.5) is 11.6 Å². The zero-order valence-electron chi connectivity index (χ0n) is 18.5. The van der Waals surface area contributed by atoms with Crippen molar-refractivity contribution in [1.82, 2.24) is 20.4 Å². The lowest BCUT2D eigenvalue weighted by Crippen LogP contribution is -2.18. The fourth-order valence-electron chi connectivity index (χ4n) is 3.78. The summed E-state index contributed by atoms with van der Waals surface area (Å²) in [5.74, 6) is 3.08. The summed E-state index contributed by atoms with van der Waals surface area (Å²) in [5, 5.41) is 22.8. The van der Waals surface area contributed by atoms with Gasteiger partial charge in [-0.15, -0.1) is 10.2 Å². The molecule has 8 nitrogen and oxygen atoms in total. The molecule has 0 saturated heterocycles.